The van der Waals surface area contributed by atoms with Crippen LogP contribution in [0.5, 0.6) is 5.75 Å². The van der Waals surface area contributed by atoms with Gasteiger partial charge < -0.3 is 19.7 Å². The normalized spacial score (nSPS) is 11.2. The first-order chi connectivity index (χ1) is 15.5. The van der Waals surface area contributed by atoms with Gasteiger partial charge in [0.25, 0.3) is 0 Å². The van der Waals surface area contributed by atoms with Crippen molar-refractivity contribution in [2.75, 3.05) is 12.4 Å². The summed E-state index contributed by atoms with van der Waals surface area (Å²) in [5.74, 6) is 1.31. The van der Waals surface area contributed by atoms with Gasteiger partial charge in [-0.3, -0.25) is 4.79 Å². The number of unbranched alkanes of at least 4 members (excludes halogenated alkanes) is 1. The molecule has 2 aromatic heterocycles. The third-order valence-electron chi connectivity index (χ3n) is 5.51. The summed E-state index contributed by atoms with van der Waals surface area (Å²) in [6.45, 7) is 0.539. The van der Waals surface area contributed by atoms with Crippen molar-refractivity contribution in [2.45, 2.75) is 32.2 Å². The molecule has 0 aliphatic carbocycles. The van der Waals surface area contributed by atoms with Crippen molar-refractivity contribution < 1.29 is 14.6 Å². The van der Waals surface area contributed by atoms with Gasteiger partial charge in [0.1, 0.15) is 23.0 Å². The Morgan fingerprint density at radius 3 is 2.75 bits per heavy atom. The van der Waals surface area contributed by atoms with Gasteiger partial charge in [-0.25, -0.2) is 9.97 Å². The molecule has 0 aliphatic rings. The highest BCUT2D eigenvalue weighted by Gasteiger charge is 2.16. The minimum Gasteiger partial charge on any atom is -0.495 e. The van der Waals surface area contributed by atoms with E-state index >= 15 is 0 Å². The number of rotatable bonds is 9. The number of aromatic nitrogens is 3. The number of nitrogens with one attached hydrogen (secondary N) is 1. The van der Waals surface area contributed by atoms with E-state index in [1.807, 2.05) is 37.4 Å². The van der Waals surface area contributed by atoms with Gasteiger partial charge in [-0.2, -0.15) is 0 Å². The molecule has 0 saturated heterocycles. The van der Waals surface area contributed by atoms with Crippen LogP contribution in [-0.2, 0) is 24.8 Å². The quantitative estimate of drug-likeness (QED) is 0.339. The van der Waals surface area contributed by atoms with Crippen molar-refractivity contribution in [1.82, 2.24) is 14.5 Å². The third kappa shape index (κ3) is 4.48. The Balaban J connectivity index is 1.68. The number of hydrogen-bond acceptors (Lipinski definition) is 5. The van der Waals surface area contributed by atoms with Crippen LogP contribution in [0.4, 0.5) is 5.82 Å². The van der Waals surface area contributed by atoms with Crippen LogP contribution in [0.1, 0.15) is 30.7 Å². The highest BCUT2D eigenvalue weighted by atomic mass is 35.5. The van der Waals surface area contributed by atoms with Crippen LogP contribution in [0.15, 0.2) is 42.5 Å². The first kappa shape index (κ1) is 21.9. The SMILES string of the molecule is COc1ccc(CNc2nc(CCCCC(=O)O)nc3c2c2ccccc2n3C)cc1Cl. The van der Waals surface area contributed by atoms with Crippen LogP contribution in [0.2, 0.25) is 5.02 Å². The number of methoxy groups -OCH3 is 1. The van der Waals surface area contributed by atoms with Gasteiger partial charge in [0.15, 0.2) is 0 Å². The zero-order valence-electron chi connectivity index (χ0n) is 18.1. The van der Waals surface area contributed by atoms with E-state index < -0.39 is 5.97 Å². The Morgan fingerprint density at radius 2 is 2.00 bits per heavy atom. The van der Waals surface area contributed by atoms with Crippen LogP contribution in [-0.4, -0.2) is 32.7 Å². The largest absolute Gasteiger partial charge is 0.495 e. The lowest BCUT2D eigenvalue weighted by Gasteiger charge is -2.11. The average molecular weight is 453 g/mol. The van der Waals surface area contributed by atoms with Crippen molar-refractivity contribution in [1.29, 1.82) is 0 Å². The molecule has 7 nitrogen and oxygen atoms in total. The maximum Gasteiger partial charge on any atom is 0.303 e. The van der Waals surface area contributed by atoms with Gasteiger partial charge >= 0.3 is 5.97 Å². The predicted octanol–water partition coefficient (Wildman–Crippen LogP) is 5.19. The molecule has 0 amide bonds. The molecule has 0 atom stereocenters. The minimum atomic E-state index is -0.782. The number of halogens is 1. The molecular weight excluding hydrogens is 428 g/mol. The molecule has 2 heterocycles. The van der Waals surface area contributed by atoms with Gasteiger partial charge in [0.2, 0.25) is 0 Å². The van der Waals surface area contributed by atoms with Crippen molar-refractivity contribution in [3.63, 3.8) is 0 Å². The standard InChI is InChI=1S/C24H25ClN4O3/c1-29-18-8-4-3-7-16(18)22-23(26-14-15-11-12-19(32-2)17(25)13-15)27-20(28-24(22)29)9-5-6-10-21(30)31/h3-4,7-8,11-13H,5-6,9-10,14H2,1-2H3,(H,30,31)(H,26,27,28). The third-order valence-corrected chi connectivity index (χ3v) is 5.80. The number of para-hydroxylation sites is 1. The number of carboxylic acid groups (broad SMARTS) is 1. The zero-order valence-corrected chi connectivity index (χ0v) is 18.8. The molecule has 2 aromatic carbocycles. The minimum absolute atomic E-state index is 0.152. The average Bonchev–Trinajstić information content (AvgIpc) is 3.07. The molecule has 0 bridgehead atoms. The highest BCUT2D eigenvalue weighted by Crippen LogP contribution is 2.32. The lowest BCUT2D eigenvalue weighted by atomic mass is 10.1. The van der Waals surface area contributed by atoms with Gasteiger partial charge in [0, 0.05) is 31.8 Å². The van der Waals surface area contributed by atoms with Crippen LogP contribution in [0, 0.1) is 0 Å². The Labute approximate surface area is 191 Å². The van der Waals surface area contributed by atoms with E-state index in [0.29, 0.717) is 36.0 Å². The van der Waals surface area contributed by atoms with E-state index in [4.69, 9.17) is 31.4 Å². The fourth-order valence-corrected chi connectivity index (χ4v) is 4.16. The second-order valence-electron chi connectivity index (χ2n) is 7.69. The molecule has 166 valence electrons. The number of benzene rings is 2. The summed E-state index contributed by atoms with van der Waals surface area (Å²) in [5, 5.41) is 15.0. The van der Waals surface area contributed by atoms with Crippen LogP contribution < -0.4 is 10.1 Å². The second-order valence-corrected chi connectivity index (χ2v) is 8.09. The number of hydrogen-bond donors (Lipinski definition) is 2. The van der Waals surface area contributed by atoms with E-state index in [1.54, 1.807) is 7.11 Å². The van der Waals surface area contributed by atoms with Crippen molar-refractivity contribution in [3.05, 3.63) is 58.9 Å². The maximum atomic E-state index is 10.8. The molecule has 0 spiro atoms. The van der Waals surface area contributed by atoms with Gasteiger partial charge in [-0.05, 0) is 36.6 Å². The van der Waals surface area contributed by atoms with Crippen LogP contribution in [0.3, 0.4) is 0 Å². The Morgan fingerprint density at radius 1 is 1.19 bits per heavy atom. The Kier molecular flexibility index (Phi) is 6.46. The number of aliphatic carboxylic acids is 1. The second kappa shape index (κ2) is 9.44. The predicted molar refractivity (Wildman–Crippen MR) is 127 cm³/mol. The van der Waals surface area contributed by atoms with Crippen LogP contribution >= 0.6 is 11.6 Å². The molecule has 4 rings (SSSR count). The van der Waals surface area contributed by atoms with E-state index in [-0.39, 0.29) is 6.42 Å². The zero-order chi connectivity index (χ0) is 22.7. The summed E-state index contributed by atoms with van der Waals surface area (Å²) in [4.78, 5) is 20.4. The number of anilines is 1. The first-order valence-corrected chi connectivity index (χ1v) is 10.9. The fraction of sp³-hybridized carbons (Fsp3) is 0.292. The monoisotopic (exact) mass is 452 g/mol. The number of nitrogens with zero attached hydrogens (tertiary/aromatic N) is 3. The summed E-state index contributed by atoms with van der Waals surface area (Å²) in [5.41, 5.74) is 2.94. The summed E-state index contributed by atoms with van der Waals surface area (Å²) >= 11 is 6.28. The van der Waals surface area contributed by atoms with Gasteiger partial charge in [-0.1, -0.05) is 35.9 Å². The van der Waals surface area contributed by atoms with Crippen LogP contribution in [0.25, 0.3) is 21.9 Å². The molecule has 0 fully saturated rings. The number of carbonyl (C=O) groups is 1. The van der Waals surface area contributed by atoms with Crippen molar-refractivity contribution in [3.8, 4) is 5.75 Å². The number of ether oxygens (including phenoxy) is 1. The Bertz CT molecular complexity index is 1290. The van der Waals surface area contributed by atoms with Crippen molar-refractivity contribution >= 4 is 45.3 Å². The van der Waals surface area contributed by atoms with Gasteiger partial charge in [-0.15, -0.1) is 0 Å². The number of aryl methyl sites for hydroxylation is 2. The molecule has 0 saturated carbocycles. The summed E-state index contributed by atoms with van der Waals surface area (Å²) in [7, 11) is 3.59. The lowest BCUT2D eigenvalue weighted by Crippen LogP contribution is -2.07. The molecule has 2 N–H and O–H groups in total. The van der Waals surface area contributed by atoms with E-state index in [9.17, 15) is 4.79 Å². The van der Waals surface area contributed by atoms with Gasteiger partial charge in [0.05, 0.1) is 23.0 Å². The van der Waals surface area contributed by atoms with Crippen molar-refractivity contribution in [2.24, 2.45) is 7.05 Å². The molecule has 8 heteroatoms. The molecule has 32 heavy (non-hydrogen) atoms. The molecular formula is C24H25ClN4O3. The van der Waals surface area contributed by atoms with E-state index in [2.05, 4.69) is 22.0 Å². The fourth-order valence-electron chi connectivity index (χ4n) is 3.88. The molecule has 0 unspecified atom stereocenters. The molecule has 0 radical (unpaired) electrons. The molecule has 4 aromatic rings. The number of carboxylic acids is 1. The Hall–Kier alpha value is -3.32. The smallest absolute Gasteiger partial charge is 0.303 e. The lowest BCUT2D eigenvalue weighted by molar-refractivity contribution is -0.137. The number of fused-ring (bicyclic) bond motifs is 3. The topological polar surface area (TPSA) is 89.3 Å². The van der Waals surface area contributed by atoms with E-state index in [0.717, 1.165) is 39.7 Å². The summed E-state index contributed by atoms with van der Waals surface area (Å²) in [6.07, 6.45) is 2.08. The summed E-state index contributed by atoms with van der Waals surface area (Å²) in [6, 6.07) is 13.8. The summed E-state index contributed by atoms with van der Waals surface area (Å²) < 4.78 is 7.31. The maximum absolute atomic E-state index is 10.8. The first-order valence-electron chi connectivity index (χ1n) is 10.5. The van der Waals surface area contributed by atoms with E-state index in [1.165, 1.54) is 0 Å². The highest BCUT2D eigenvalue weighted by molar-refractivity contribution is 6.32. The molecule has 0 aliphatic heterocycles.